The van der Waals surface area contributed by atoms with Crippen molar-refractivity contribution in [2.75, 3.05) is 27.2 Å². The van der Waals surface area contributed by atoms with Gasteiger partial charge in [-0.3, -0.25) is 14.6 Å². The van der Waals surface area contributed by atoms with Crippen LogP contribution in [0, 0.1) is 0 Å². The van der Waals surface area contributed by atoms with E-state index in [4.69, 9.17) is 0 Å². The molecule has 1 atom stereocenters. The normalized spacial score (nSPS) is 18.9. The van der Waals surface area contributed by atoms with E-state index in [1.54, 1.807) is 0 Å². The monoisotopic (exact) mass is 285 g/mol. The Hall–Kier alpha value is -1.72. The molecule has 0 spiro atoms. The molecule has 0 saturated heterocycles. The van der Waals surface area contributed by atoms with E-state index in [0.717, 1.165) is 32.6 Å². The molecule has 0 saturated carbocycles. The highest BCUT2D eigenvalue weighted by atomic mass is 15.4. The van der Waals surface area contributed by atoms with Gasteiger partial charge in [-0.25, -0.2) is 0 Å². The summed E-state index contributed by atoms with van der Waals surface area (Å²) in [4.78, 5) is 8.95. The van der Waals surface area contributed by atoms with Crippen molar-refractivity contribution < 1.29 is 0 Å². The van der Waals surface area contributed by atoms with Gasteiger partial charge in [0.2, 0.25) is 0 Å². The third-order valence-corrected chi connectivity index (χ3v) is 3.99. The van der Waals surface area contributed by atoms with Crippen LogP contribution in [0.4, 0.5) is 0 Å². The molecular formula is C16H23N5. The lowest BCUT2D eigenvalue weighted by molar-refractivity contribution is 0.155. The zero-order valence-corrected chi connectivity index (χ0v) is 12.8. The molecule has 0 N–H and O–H groups in total. The third-order valence-electron chi connectivity index (χ3n) is 3.99. The van der Waals surface area contributed by atoms with Crippen molar-refractivity contribution in [2.45, 2.75) is 25.6 Å². The highest BCUT2D eigenvalue weighted by molar-refractivity contribution is 5.10. The summed E-state index contributed by atoms with van der Waals surface area (Å²) >= 11 is 0. The van der Waals surface area contributed by atoms with Crippen molar-refractivity contribution in [3.63, 3.8) is 0 Å². The lowest BCUT2D eigenvalue weighted by Crippen LogP contribution is -2.38. The number of hydrogen-bond acceptors (Lipinski definition) is 4. The van der Waals surface area contributed by atoms with Gasteiger partial charge in [-0.05, 0) is 44.8 Å². The Morgan fingerprint density at radius 1 is 1.29 bits per heavy atom. The fourth-order valence-electron chi connectivity index (χ4n) is 2.96. The standard InChI is InChI=1S/C16H23N5/c1-19(2)9-6-16-13-20(11-14-4-3-7-17-10-14)12-15-5-8-18-21(15)16/h3-5,7-8,10,16H,6,9,11-13H2,1-2H3. The molecule has 5 nitrogen and oxygen atoms in total. The average Bonchev–Trinajstić information content (AvgIpc) is 2.94. The summed E-state index contributed by atoms with van der Waals surface area (Å²) in [6.45, 7) is 4.06. The zero-order valence-electron chi connectivity index (χ0n) is 12.8. The predicted molar refractivity (Wildman–Crippen MR) is 82.8 cm³/mol. The van der Waals surface area contributed by atoms with Crippen LogP contribution in [-0.4, -0.2) is 51.7 Å². The SMILES string of the molecule is CN(C)CCC1CN(Cc2cccnc2)Cc2ccnn21. The van der Waals surface area contributed by atoms with Gasteiger partial charge >= 0.3 is 0 Å². The van der Waals surface area contributed by atoms with E-state index in [0.29, 0.717) is 6.04 Å². The highest BCUT2D eigenvalue weighted by Gasteiger charge is 2.25. The summed E-state index contributed by atoms with van der Waals surface area (Å²) in [5, 5.41) is 4.52. The second kappa shape index (κ2) is 6.37. The van der Waals surface area contributed by atoms with Crippen LogP contribution in [0.1, 0.15) is 23.7 Å². The van der Waals surface area contributed by atoms with Crippen molar-refractivity contribution in [3.8, 4) is 0 Å². The summed E-state index contributed by atoms with van der Waals surface area (Å²) in [6, 6.07) is 6.75. The number of hydrogen-bond donors (Lipinski definition) is 0. The van der Waals surface area contributed by atoms with E-state index in [1.807, 2.05) is 24.7 Å². The Morgan fingerprint density at radius 2 is 2.19 bits per heavy atom. The third kappa shape index (κ3) is 3.49. The predicted octanol–water partition coefficient (Wildman–Crippen LogP) is 1.79. The van der Waals surface area contributed by atoms with Gasteiger partial charge in [0.1, 0.15) is 0 Å². The maximum Gasteiger partial charge on any atom is 0.0662 e. The van der Waals surface area contributed by atoms with Crippen LogP contribution in [-0.2, 0) is 13.1 Å². The van der Waals surface area contributed by atoms with Crippen LogP contribution in [0.5, 0.6) is 0 Å². The number of aromatic nitrogens is 3. The van der Waals surface area contributed by atoms with Gasteiger partial charge in [-0.1, -0.05) is 6.07 Å². The molecule has 0 aliphatic carbocycles. The van der Waals surface area contributed by atoms with Gasteiger partial charge in [0, 0.05) is 38.2 Å². The second-order valence-corrected chi connectivity index (χ2v) is 6.04. The number of pyridine rings is 1. The van der Waals surface area contributed by atoms with E-state index >= 15 is 0 Å². The van der Waals surface area contributed by atoms with Crippen LogP contribution < -0.4 is 0 Å². The van der Waals surface area contributed by atoms with Gasteiger partial charge in [0.15, 0.2) is 0 Å². The molecule has 2 aromatic rings. The largest absolute Gasteiger partial charge is 0.309 e. The summed E-state index contributed by atoms with van der Waals surface area (Å²) in [7, 11) is 4.25. The molecule has 0 aromatic carbocycles. The fourth-order valence-corrected chi connectivity index (χ4v) is 2.96. The first-order valence-electron chi connectivity index (χ1n) is 7.51. The minimum atomic E-state index is 0.461. The molecule has 0 amide bonds. The number of rotatable bonds is 5. The van der Waals surface area contributed by atoms with Crippen LogP contribution in [0.15, 0.2) is 36.8 Å². The Bertz CT molecular complexity index is 563. The summed E-state index contributed by atoms with van der Waals surface area (Å²) < 4.78 is 2.21. The molecule has 112 valence electrons. The first-order chi connectivity index (χ1) is 10.2. The lowest BCUT2D eigenvalue weighted by Gasteiger charge is -2.34. The van der Waals surface area contributed by atoms with Gasteiger partial charge in [0.05, 0.1) is 11.7 Å². The Morgan fingerprint density at radius 3 is 2.95 bits per heavy atom. The first kappa shape index (κ1) is 14.2. The Labute approximate surface area is 126 Å². The molecule has 1 aliphatic rings. The van der Waals surface area contributed by atoms with Crippen molar-refractivity contribution in [2.24, 2.45) is 0 Å². The van der Waals surface area contributed by atoms with E-state index in [1.165, 1.54) is 11.3 Å². The quantitative estimate of drug-likeness (QED) is 0.839. The van der Waals surface area contributed by atoms with Crippen LogP contribution in [0.3, 0.4) is 0 Å². The molecule has 21 heavy (non-hydrogen) atoms. The molecular weight excluding hydrogens is 262 g/mol. The second-order valence-electron chi connectivity index (χ2n) is 6.04. The molecule has 0 fully saturated rings. The van der Waals surface area contributed by atoms with Crippen LogP contribution in [0.25, 0.3) is 0 Å². The number of fused-ring (bicyclic) bond motifs is 1. The highest BCUT2D eigenvalue weighted by Crippen LogP contribution is 2.24. The van der Waals surface area contributed by atoms with Crippen LogP contribution in [0.2, 0.25) is 0 Å². The van der Waals surface area contributed by atoms with Crippen molar-refractivity contribution in [3.05, 3.63) is 48.0 Å². The molecule has 3 heterocycles. The van der Waals surface area contributed by atoms with E-state index < -0.39 is 0 Å². The van der Waals surface area contributed by atoms with Gasteiger partial charge in [-0.15, -0.1) is 0 Å². The zero-order chi connectivity index (χ0) is 14.7. The fraction of sp³-hybridized carbons (Fsp3) is 0.500. The van der Waals surface area contributed by atoms with Gasteiger partial charge in [-0.2, -0.15) is 5.10 Å². The minimum Gasteiger partial charge on any atom is -0.309 e. The molecule has 0 radical (unpaired) electrons. The van der Waals surface area contributed by atoms with Crippen molar-refractivity contribution >= 4 is 0 Å². The van der Waals surface area contributed by atoms with Gasteiger partial charge < -0.3 is 4.90 Å². The van der Waals surface area contributed by atoms with Crippen LogP contribution >= 0.6 is 0 Å². The van der Waals surface area contributed by atoms with Gasteiger partial charge in [0.25, 0.3) is 0 Å². The Kier molecular flexibility index (Phi) is 4.31. The maximum absolute atomic E-state index is 4.52. The van der Waals surface area contributed by atoms with E-state index in [9.17, 15) is 0 Å². The molecule has 1 unspecified atom stereocenters. The average molecular weight is 285 g/mol. The van der Waals surface area contributed by atoms with Crippen molar-refractivity contribution in [1.29, 1.82) is 0 Å². The number of nitrogens with zero attached hydrogens (tertiary/aromatic N) is 5. The molecule has 3 rings (SSSR count). The van der Waals surface area contributed by atoms with Crippen molar-refractivity contribution in [1.82, 2.24) is 24.6 Å². The molecule has 1 aliphatic heterocycles. The molecule has 5 heteroatoms. The van der Waals surface area contributed by atoms with E-state index in [-0.39, 0.29) is 0 Å². The topological polar surface area (TPSA) is 37.2 Å². The lowest BCUT2D eigenvalue weighted by atomic mass is 10.1. The minimum absolute atomic E-state index is 0.461. The smallest absolute Gasteiger partial charge is 0.0662 e. The molecule has 2 aromatic heterocycles. The summed E-state index contributed by atoms with van der Waals surface area (Å²) in [5.74, 6) is 0. The van der Waals surface area contributed by atoms with E-state index in [2.05, 4.69) is 50.8 Å². The maximum atomic E-state index is 4.52. The summed E-state index contributed by atoms with van der Waals surface area (Å²) in [6.07, 6.45) is 6.84. The first-order valence-corrected chi connectivity index (χ1v) is 7.51. The molecule has 0 bridgehead atoms. The Balaban J connectivity index is 1.71. The summed E-state index contributed by atoms with van der Waals surface area (Å²) in [5.41, 5.74) is 2.59.